The van der Waals surface area contributed by atoms with Crippen LogP contribution in [0, 0.1) is 12.3 Å². The molecule has 1 aromatic rings. The van der Waals surface area contributed by atoms with Crippen molar-refractivity contribution < 1.29 is 4.79 Å². The average molecular weight is 209 g/mol. The second kappa shape index (κ2) is 3.46. The summed E-state index contributed by atoms with van der Waals surface area (Å²) in [4.78, 5) is 15.7. The quantitative estimate of drug-likeness (QED) is 0.749. The summed E-state index contributed by atoms with van der Waals surface area (Å²) in [5, 5.41) is 3.26. The lowest BCUT2D eigenvalue weighted by Crippen LogP contribution is -2.15. The normalized spacial score (nSPS) is 27.1. The van der Waals surface area contributed by atoms with Gasteiger partial charge in [-0.3, -0.25) is 4.79 Å². The van der Waals surface area contributed by atoms with Gasteiger partial charge in [0, 0.05) is 30.3 Å². The first-order valence-electron chi connectivity index (χ1n) is 5.00. The molecule has 1 aromatic heterocycles. The van der Waals surface area contributed by atoms with Crippen LogP contribution in [0.2, 0.25) is 0 Å². The highest BCUT2D eigenvalue weighted by Gasteiger charge is 2.34. The second-order valence-corrected chi connectivity index (χ2v) is 5.53. The van der Waals surface area contributed by atoms with Crippen LogP contribution in [0.5, 0.6) is 0 Å². The van der Waals surface area contributed by atoms with E-state index in [-0.39, 0.29) is 5.41 Å². The van der Waals surface area contributed by atoms with E-state index in [1.165, 1.54) is 5.01 Å². The number of aromatic nitrogens is 1. The summed E-state index contributed by atoms with van der Waals surface area (Å²) in [5.74, 6) is 0.417. The number of ketones is 1. The molecule has 1 aliphatic rings. The molecule has 0 N–H and O–H groups in total. The van der Waals surface area contributed by atoms with Crippen LogP contribution in [0.4, 0.5) is 0 Å². The first-order valence-corrected chi connectivity index (χ1v) is 5.88. The average Bonchev–Trinajstić information content (AvgIpc) is 2.60. The van der Waals surface area contributed by atoms with Crippen molar-refractivity contribution in [3.8, 4) is 0 Å². The van der Waals surface area contributed by atoms with Crippen LogP contribution in [-0.4, -0.2) is 10.8 Å². The molecular formula is C11H15NOS. The molecule has 1 heterocycles. The Hall–Kier alpha value is -0.700. The highest BCUT2D eigenvalue weighted by molar-refractivity contribution is 7.09. The summed E-state index contributed by atoms with van der Waals surface area (Å²) in [6, 6.07) is 0. The van der Waals surface area contributed by atoms with Crippen LogP contribution in [0.15, 0.2) is 5.38 Å². The van der Waals surface area contributed by atoms with Gasteiger partial charge in [0.1, 0.15) is 5.78 Å². The standard InChI is InChI=1S/C11H15NOS/c1-8-7-14-10(12-8)6-11(2)4-3-9(13)5-11/h7H,3-6H2,1-2H3. The highest BCUT2D eigenvalue weighted by Crippen LogP contribution is 2.38. The Balaban J connectivity index is 2.07. The van der Waals surface area contributed by atoms with Gasteiger partial charge in [0.25, 0.3) is 0 Å². The zero-order chi connectivity index (χ0) is 10.2. The number of nitrogens with zero attached hydrogens (tertiary/aromatic N) is 1. The maximum atomic E-state index is 11.2. The Kier molecular flexibility index (Phi) is 2.43. The molecule has 0 radical (unpaired) electrons. The fourth-order valence-electron chi connectivity index (χ4n) is 2.09. The number of Topliss-reactive ketones (excluding diaryl/α,β-unsaturated/α-hetero) is 1. The molecule has 2 nitrogen and oxygen atoms in total. The van der Waals surface area contributed by atoms with E-state index in [4.69, 9.17) is 0 Å². The van der Waals surface area contributed by atoms with E-state index in [0.29, 0.717) is 5.78 Å². The third-order valence-corrected chi connectivity index (χ3v) is 3.84. The molecule has 1 unspecified atom stereocenters. The summed E-state index contributed by atoms with van der Waals surface area (Å²) in [7, 11) is 0. The van der Waals surface area contributed by atoms with Gasteiger partial charge < -0.3 is 0 Å². The van der Waals surface area contributed by atoms with Crippen molar-refractivity contribution in [2.45, 2.75) is 39.5 Å². The van der Waals surface area contributed by atoms with Crippen molar-refractivity contribution in [1.29, 1.82) is 0 Å². The smallest absolute Gasteiger partial charge is 0.133 e. The van der Waals surface area contributed by atoms with Crippen molar-refractivity contribution in [3.63, 3.8) is 0 Å². The number of carbonyl (C=O) groups is 1. The van der Waals surface area contributed by atoms with Crippen molar-refractivity contribution >= 4 is 17.1 Å². The Bertz CT molecular complexity index is 358. The highest BCUT2D eigenvalue weighted by atomic mass is 32.1. The Morgan fingerprint density at radius 3 is 2.93 bits per heavy atom. The Morgan fingerprint density at radius 1 is 1.64 bits per heavy atom. The van der Waals surface area contributed by atoms with E-state index >= 15 is 0 Å². The van der Waals surface area contributed by atoms with Gasteiger partial charge in [0.2, 0.25) is 0 Å². The Labute approximate surface area is 88.4 Å². The van der Waals surface area contributed by atoms with E-state index < -0.39 is 0 Å². The maximum absolute atomic E-state index is 11.2. The summed E-state index contributed by atoms with van der Waals surface area (Å²) < 4.78 is 0. The van der Waals surface area contributed by atoms with Gasteiger partial charge >= 0.3 is 0 Å². The zero-order valence-corrected chi connectivity index (χ0v) is 9.49. The van der Waals surface area contributed by atoms with E-state index in [0.717, 1.165) is 31.4 Å². The third kappa shape index (κ3) is 2.03. The zero-order valence-electron chi connectivity index (χ0n) is 8.67. The lowest BCUT2D eigenvalue weighted by Gasteiger charge is -2.20. The molecule has 0 aromatic carbocycles. The molecule has 1 atom stereocenters. The van der Waals surface area contributed by atoms with Gasteiger partial charge in [-0.15, -0.1) is 11.3 Å². The fraction of sp³-hybridized carbons (Fsp3) is 0.636. The van der Waals surface area contributed by atoms with Gasteiger partial charge in [0.05, 0.1) is 5.01 Å². The van der Waals surface area contributed by atoms with E-state index in [9.17, 15) is 4.79 Å². The SMILES string of the molecule is Cc1csc(CC2(C)CCC(=O)C2)n1. The van der Waals surface area contributed by atoms with Gasteiger partial charge in [0.15, 0.2) is 0 Å². The number of thiazole rings is 1. The molecule has 1 fully saturated rings. The lowest BCUT2D eigenvalue weighted by molar-refractivity contribution is -0.117. The number of rotatable bonds is 2. The summed E-state index contributed by atoms with van der Waals surface area (Å²) >= 11 is 1.71. The van der Waals surface area contributed by atoms with Crippen LogP contribution in [-0.2, 0) is 11.2 Å². The lowest BCUT2D eigenvalue weighted by atomic mass is 9.85. The minimum atomic E-state index is 0.182. The third-order valence-electron chi connectivity index (χ3n) is 2.88. The van der Waals surface area contributed by atoms with Crippen molar-refractivity contribution in [1.82, 2.24) is 4.98 Å². The van der Waals surface area contributed by atoms with Crippen LogP contribution < -0.4 is 0 Å². The molecule has 0 saturated heterocycles. The summed E-state index contributed by atoms with van der Waals surface area (Å²) in [5.41, 5.74) is 1.28. The molecule has 14 heavy (non-hydrogen) atoms. The van der Waals surface area contributed by atoms with Crippen LogP contribution in [0.1, 0.15) is 36.9 Å². The van der Waals surface area contributed by atoms with E-state index in [2.05, 4.69) is 17.3 Å². The topological polar surface area (TPSA) is 30.0 Å². The molecule has 2 rings (SSSR count). The molecule has 1 saturated carbocycles. The molecule has 0 spiro atoms. The predicted octanol–water partition coefficient (Wildman–Crippen LogP) is 2.75. The van der Waals surface area contributed by atoms with Crippen LogP contribution in [0.3, 0.4) is 0 Å². The van der Waals surface area contributed by atoms with E-state index in [1.807, 2.05) is 6.92 Å². The van der Waals surface area contributed by atoms with Crippen molar-refractivity contribution in [3.05, 3.63) is 16.1 Å². The first kappa shape index (κ1) is 9.84. The van der Waals surface area contributed by atoms with Gasteiger partial charge in [-0.25, -0.2) is 4.98 Å². The summed E-state index contributed by atoms with van der Waals surface area (Å²) in [6.07, 6.45) is 3.51. The first-order chi connectivity index (χ1) is 6.57. The van der Waals surface area contributed by atoms with Crippen LogP contribution >= 0.6 is 11.3 Å². The molecule has 76 valence electrons. The van der Waals surface area contributed by atoms with Crippen LogP contribution in [0.25, 0.3) is 0 Å². The largest absolute Gasteiger partial charge is 0.300 e. The monoisotopic (exact) mass is 209 g/mol. The van der Waals surface area contributed by atoms with Gasteiger partial charge in [-0.2, -0.15) is 0 Å². The number of hydrogen-bond donors (Lipinski definition) is 0. The minimum Gasteiger partial charge on any atom is -0.300 e. The number of hydrogen-bond acceptors (Lipinski definition) is 3. The predicted molar refractivity (Wildman–Crippen MR) is 57.5 cm³/mol. The maximum Gasteiger partial charge on any atom is 0.133 e. The Morgan fingerprint density at radius 2 is 2.43 bits per heavy atom. The molecule has 1 aliphatic carbocycles. The van der Waals surface area contributed by atoms with Crippen molar-refractivity contribution in [2.75, 3.05) is 0 Å². The molecule has 3 heteroatoms. The molecule has 0 bridgehead atoms. The molecule has 0 aliphatic heterocycles. The van der Waals surface area contributed by atoms with Crippen molar-refractivity contribution in [2.24, 2.45) is 5.41 Å². The number of aryl methyl sites for hydroxylation is 1. The summed E-state index contributed by atoms with van der Waals surface area (Å²) in [6.45, 7) is 4.22. The second-order valence-electron chi connectivity index (χ2n) is 4.59. The minimum absolute atomic E-state index is 0.182. The number of carbonyl (C=O) groups excluding carboxylic acids is 1. The fourth-order valence-corrected chi connectivity index (χ4v) is 3.08. The van der Waals surface area contributed by atoms with E-state index in [1.54, 1.807) is 11.3 Å². The molecular weight excluding hydrogens is 194 g/mol. The van der Waals surface area contributed by atoms with Gasteiger partial charge in [-0.05, 0) is 18.8 Å². The molecule has 0 amide bonds. The van der Waals surface area contributed by atoms with Gasteiger partial charge in [-0.1, -0.05) is 6.92 Å².